The number of para-hydroxylation sites is 2. The smallest absolute Gasteiger partial charge is 0.279 e. The highest BCUT2D eigenvalue weighted by atomic mass is 16.5. The van der Waals surface area contributed by atoms with Gasteiger partial charge in [0, 0.05) is 0 Å². The van der Waals surface area contributed by atoms with Crippen LogP contribution in [0.2, 0.25) is 0 Å². The summed E-state index contributed by atoms with van der Waals surface area (Å²) in [5.74, 6) is 0.664. The van der Waals surface area contributed by atoms with Gasteiger partial charge in [-0.1, -0.05) is 48.5 Å². The number of quaternary nitrogens is 1. The Morgan fingerprint density at radius 1 is 1.12 bits per heavy atom. The van der Waals surface area contributed by atoms with Crippen LogP contribution in [-0.4, -0.2) is 32.7 Å². The van der Waals surface area contributed by atoms with Crippen molar-refractivity contribution in [1.82, 2.24) is 0 Å². The Balaban J connectivity index is 1.87. The molecule has 4 nitrogen and oxygen atoms in total. The Morgan fingerprint density at radius 2 is 1.83 bits per heavy atom. The molecule has 2 N–H and O–H groups in total. The topological polar surface area (TPSA) is 42.8 Å². The van der Waals surface area contributed by atoms with Crippen LogP contribution in [0.4, 0.5) is 5.69 Å². The van der Waals surface area contributed by atoms with Gasteiger partial charge in [0.15, 0.2) is 6.54 Å². The Morgan fingerprint density at radius 3 is 2.54 bits per heavy atom. The molecule has 0 saturated carbocycles. The maximum atomic E-state index is 12.3. The van der Waals surface area contributed by atoms with Gasteiger partial charge < -0.3 is 15.0 Å². The van der Waals surface area contributed by atoms with E-state index in [2.05, 4.69) is 36.5 Å². The molecule has 2 aromatic carbocycles. The van der Waals surface area contributed by atoms with Crippen molar-refractivity contribution in [2.45, 2.75) is 6.92 Å². The molecule has 0 fully saturated rings. The average molecular weight is 325 g/mol. The zero-order valence-electron chi connectivity index (χ0n) is 14.3. The van der Waals surface area contributed by atoms with E-state index in [1.165, 1.54) is 10.5 Å². The average Bonchev–Trinajstić information content (AvgIpc) is 2.62. The zero-order chi connectivity index (χ0) is 17.2. The highest BCUT2D eigenvalue weighted by molar-refractivity contribution is 5.92. The highest BCUT2D eigenvalue weighted by Gasteiger charge is 2.13. The monoisotopic (exact) mass is 325 g/mol. The second kappa shape index (κ2) is 9.53. The molecule has 0 bridgehead atoms. The number of carbonyl (C=O) groups is 1. The largest absolute Gasteiger partial charge is 0.495 e. The third kappa shape index (κ3) is 5.56. The van der Waals surface area contributed by atoms with E-state index in [9.17, 15) is 4.79 Å². The van der Waals surface area contributed by atoms with Gasteiger partial charge in [-0.15, -0.1) is 0 Å². The second-order valence-electron chi connectivity index (χ2n) is 5.55. The summed E-state index contributed by atoms with van der Waals surface area (Å²) in [4.78, 5) is 13.5. The van der Waals surface area contributed by atoms with E-state index in [1.54, 1.807) is 7.11 Å². The van der Waals surface area contributed by atoms with Crippen LogP contribution in [-0.2, 0) is 4.79 Å². The summed E-state index contributed by atoms with van der Waals surface area (Å²) in [7, 11) is 1.60. The van der Waals surface area contributed by atoms with Crippen molar-refractivity contribution in [2.24, 2.45) is 0 Å². The summed E-state index contributed by atoms with van der Waals surface area (Å²) in [6.45, 7) is 4.21. The Bertz CT molecular complexity index is 668. The van der Waals surface area contributed by atoms with Gasteiger partial charge in [-0.25, -0.2) is 0 Å². The summed E-state index contributed by atoms with van der Waals surface area (Å²) < 4.78 is 5.26. The van der Waals surface area contributed by atoms with E-state index in [1.807, 2.05) is 42.5 Å². The van der Waals surface area contributed by atoms with Crippen molar-refractivity contribution in [3.05, 3.63) is 66.2 Å². The summed E-state index contributed by atoms with van der Waals surface area (Å²) >= 11 is 0. The van der Waals surface area contributed by atoms with E-state index in [0.29, 0.717) is 18.0 Å². The molecule has 0 saturated heterocycles. The van der Waals surface area contributed by atoms with Gasteiger partial charge in [-0.2, -0.15) is 0 Å². The minimum absolute atomic E-state index is 0.00976. The number of likely N-dealkylation sites (N-methyl/N-ethyl adjacent to an activating group) is 1. The van der Waals surface area contributed by atoms with Gasteiger partial charge in [-0.3, -0.25) is 4.79 Å². The van der Waals surface area contributed by atoms with Crippen molar-refractivity contribution in [3.63, 3.8) is 0 Å². The third-order valence-corrected chi connectivity index (χ3v) is 3.81. The van der Waals surface area contributed by atoms with Crippen LogP contribution in [0.15, 0.2) is 60.7 Å². The minimum atomic E-state index is -0.00976. The molecule has 0 radical (unpaired) electrons. The van der Waals surface area contributed by atoms with Crippen LogP contribution >= 0.6 is 0 Å². The standard InChI is InChI=1S/C20H24N2O2/c1-3-22(15-9-12-17-10-5-4-6-11-17)16-20(23)21-18-13-7-8-14-19(18)24-2/h4-14H,3,15-16H2,1-2H3,(H,21,23)/p+1/b12-9+. The van der Waals surface area contributed by atoms with Gasteiger partial charge >= 0.3 is 0 Å². The van der Waals surface area contributed by atoms with E-state index >= 15 is 0 Å². The lowest BCUT2D eigenvalue weighted by molar-refractivity contribution is -0.883. The maximum absolute atomic E-state index is 12.3. The first-order chi connectivity index (χ1) is 11.7. The molecule has 24 heavy (non-hydrogen) atoms. The fourth-order valence-corrected chi connectivity index (χ4v) is 2.44. The predicted octanol–water partition coefficient (Wildman–Crippen LogP) is 2.25. The van der Waals surface area contributed by atoms with Gasteiger partial charge in [0.2, 0.25) is 0 Å². The fraction of sp³-hybridized carbons (Fsp3) is 0.250. The number of hydrogen-bond acceptors (Lipinski definition) is 2. The summed E-state index contributed by atoms with van der Waals surface area (Å²) in [6.07, 6.45) is 4.21. The highest BCUT2D eigenvalue weighted by Crippen LogP contribution is 2.22. The molecule has 0 heterocycles. The first-order valence-corrected chi connectivity index (χ1v) is 8.21. The Kier molecular flexibility index (Phi) is 7.05. The summed E-state index contributed by atoms with van der Waals surface area (Å²) in [5.41, 5.74) is 1.88. The number of methoxy groups -OCH3 is 1. The van der Waals surface area contributed by atoms with Gasteiger partial charge in [0.05, 0.1) is 25.9 Å². The van der Waals surface area contributed by atoms with Crippen molar-refractivity contribution in [3.8, 4) is 5.75 Å². The normalized spacial score (nSPS) is 12.1. The van der Waals surface area contributed by atoms with Gasteiger partial charge in [0.25, 0.3) is 5.91 Å². The molecule has 1 atom stereocenters. The molecule has 1 unspecified atom stereocenters. The number of ether oxygens (including phenoxy) is 1. The maximum Gasteiger partial charge on any atom is 0.279 e. The number of hydrogen-bond donors (Lipinski definition) is 2. The predicted molar refractivity (Wildman–Crippen MR) is 98.3 cm³/mol. The molecule has 4 heteroatoms. The van der Waals surface area contributed by atoms with Crippen molar-refractivity contribution in [2.75, 3.05) is 32.1 Å². The molecular formula is C20H25N2O2+. The molecule has 2 rings (SSSR count). The van der Waals surface area contributed by atoms with Crippen LogP contribution in [0.25, 0.3) is 6.08 Å². The van der Waals surface area contributed by atoms with Crippen molar-refractivity contribution in [1.29, 1.82) is 0 Å². The van der Waals surface area contributed by atoms with Crippen molar-refractivity contribution >= 4 is 17.7 Å². The number of anilines is 1. The Labute approximate surface area is 143 Å². The Hall–Kier alpha value is -2.59. The van der Waals surface area contributed by atoms with E-state index in [-0.39, 0.29) is 5.91 Å². The third-order valence-electron chi connectivity index (χ3n) is 3.81. The number of carbonyl (C=O) groups excluding carboxylic acids is 1. The van der Waals surface area contributed by atoms with Crippen molar-refractivity contribution < 1.29 is 14.4 Å². The van der Waals surface area contributed by atoms with Crippen LogP contribution in [0, 0.1) is 0 Å². The van der Waals surface area contributed by atoms with E-state index in [0.717, 1.165) is 13.1 Å². The van der Waals surface area contributed by atoms with Gasteiger partial charge in [-0.05, 0) is 30.7 Å². The molecule has 126 valence electrons. The second-order valence-corrected chi connectivity index (χ2v) is 5.55. The van der Waals surface area contributed by atoms with E-state index in [4.69, 9.17) is 4.74 Å². The summed E-state index contributed by atoms with van der Waals surface area (Å²) in [6, 6.07) is 17.6. The first-order valence-electron chi connectivity index (χ1n) is 8.21. The minimum Gasteiger partial charge on any atom is -0.495 e. The summed E-state index contributed by atoms with van der Waals surface area (Å²) in [5, 5.41) is 2.93. The number of rotatable bonds is 8. The molecule has 0 spiro atoms. The van der Waals surface area contributed by atoms with Crippen LogP contribution < -0.4 is 15.0 Å². The lowest BCUT2D eigenvalue weighted by Gasteiger charge is -2.16. The number of benzene rings is 2. The molecular weight excluding hydrogens is 300 g/mol. The first kappa shape index (κ1) is 17.8. The fourth-order valence-electron chi connectivity index (χ4n) is 2.44. The zero-order valence-corrected chi connectivity index (χ0v) is 14.3. The molecule has 0 aromatic heterocycles. The SMILES string of the molecule is CC[NH+](C/C=C/c1ccccc1)CC(=O)Nc1ccccc1OC. The quantitative estimate of drug-likeness (QED) is 0.782. The van der Waals surface area contributed by atoms with E-state index < -0.39 is 0 Å². The molecule has 1 amide bonds. The molecule has 2 aromatic rings. The van der Waals surface area contributed by atoms with Gasteiger partial charge in [0.1, 0.15) is 5.75 Å². The molecule has 0 aliphatic rings. The lowest BCUT2D eigenvalue weighted by atomic mass is 10.2. The molecule has 0 aliphatic carbocycles. The van der Waals surface area contributed by atoms with Crippen LogP contribution in [0.3, 0.4) is 0 Å². The molecule has 0 aliphatic heterocycles. The number of amides is 1. The lowest BCUT2D eigenvalue weighted by Crippen LogP contribution is -3.12. The van der Waals surface area contributed by atoms with Crippen LogP contribution in [0.1, 0.15) is 12.5 Å². The van der Waals surface area contributed by atoms with Crippen LogP contribution in [0.5, 0.6) is 5.75 Å². The number of nitrogens with one attached hydrogen (secondary N) is 2.